The second-order valence-electron chi connectivity index (χ2n) is 4.43. The van der Waals surface area contributed by atoms with Crippen molar-refractivity contribution >= 4 is 5.97 Å². The fourth-order valence-corrected chi connectivity index (χ4v) is 1.84. The van der Waals surface area contributed by atoms with Crippen LogP contribution in [-0.2, 0) is 4.79 Å². The van der Waals surface area contributed by atoms with E-state index in [9.17, 15) is 26.7 Å². The van der Waals surface area contributed by atoms with Crippen molar-refractivity contribution in [3.05, 3.63) is 48.0 Å². The lowest BCUT2D eigenvalue weighted by molar-refractivity contribution is -0.275. The van der Waals surface area contributed by atoms with Gasteiger partial charge in [-0.1, -0.05) is 6.07 Å². The van der Waals surface area contributed by atoms with Crippen LogP contribution in [0.2, 0.25) is 0 Å². The highest BCUT2D eigenvalue weighted by atomic mass is 19.4. The van der Waals surface area contributed by atoms with Gasteiger partial charge >= 0.3 is 12.3 Å². The van der Waals surface area contributed by atoms with Crippen molar-refractivity contribution in [3.8, 4) is 22.6 Å². The minimum absolute atomic E-state index is 0.00361. The van der Waals surface area contributed by atoms with Crippen LogP contribution >= 0.6 is 0 Å². The van der Waals surface area contributed by atoms with E-state index in [1.165, 1.54) is 12.1 Å². The molecule has 3 nitrogen and oxygen atoms in total. The Morgan fingerprint density at radius 1 is 1.00 bits per heavy atom. The first-order valence-corrected chi connectivity index (χ1v) is 6.19. The van der Waals surface area contributed by atoms with Gasteiger partial charge in [0.2, 0.25) is 0 Å². The van der Waals surface area contributed by atoms with Crippen LogP contribution in [0.5, 0.6) is 11.5 Å². The molecule has 0 saturated heterocycles. The summed E-state index contributed by atoms with van der Waals surface area (Å²) in [5.74, 6) is -3.82. The highest BCUT2D eigenvalue weighted by Crippen LogP contribution is 2.31. The second kappa shape index (κ2) is 6.23. The Bertz CT molecular complexity index is 740. The van der Waals surface area contributed by atoms with Gasteiger partial charge in [0.05, 0.1) is 0 Å². The molecule has 0 heterocycles. The first-order valence-electron chi connectivity index (χ1n) is 6.19. The predicted octanol–water partition coefficient (Wildman–Crippen LogP) is 4.46. The summed E-state index contributed by atoms with van der Waals surface area (Å²) in [5.41, 5.74) is -0.0674. The molecule has 8 heteroatoms. The molecular weight excluding hydrogens is 323 g/mol. The summed E-state index contributed by atoms with van der Waals surface area (Å²) in [7, 11) is 0. The Morgan fingerprint density at radius 3 is 2.22 bits per heavy atom. The maximum Gasteiger partial charge on any atom is 0.573 e. The fraction of sp³-hybridized carbons (Fsp3) is 0.133. The number of halogens is 5. The van der Waals surface area contributed by atoms with Crippen LogP contribution < -0.4 is 9.47 Å². The molecule has 0 saturated carbocycles. The van der Waals surface area contributed by atoms with E-state index in [1.54, 1.807) is 0 Å². The van der Waals surface area contributed by atoms with Gasteiger partial charge in [-0.25, -0.2) is 8.78 Å². The van der Waals surface area contributed by atoms with Crippen LogP contribution in [0.25, 0.3) is 11.1 Å². The van der Waals surface area contributed by atoms with E-state index in [0.717, 1.165) is 25.1 Å². The smallest absolute Gasteiger partial charge is 0.427 e. The zero-order valence-electron chi connectivity index (χ0n) is 11.6. The summed E-state index contributed by atoms with van der Waals surface area (Å²) in [5, 5.41) is 0. The Hall–Kier alpha value is -2.64. The molecule has 0 spiro atoms. The Kier molecular flexibility index (Phi) is 4.53. The third-order valence-corrected chi connectivity index (χ3v) is 2.67. The Morgan fingerprint density at radius 2 is 1.70 bits per heavy atom. The molecule has 23 heavy (non-hydrogen) atoms. The number of hydrogen-bond donors (Lipinski definition) is 0. The average Bonchev–Trinajstić information content (AvgIpc) is 2.39. The molecule has 0 radical (unpaired) electrons. The summed E-state index contributed by atoms with van der Waals surface area (Å²) in [6.07, 6.45) is -5.03. The van der Waals surface area contributed by atoms with Gasteiger partial charge in [0, 0.05) is 18.6 Å². The summed E-state index contributed by atoms with van der Waals surface area (Å²) in [6.45, 7) is 1.14. The van der Waals surface area contributed by atoms with Gasteiger partial charge in [-0.05, 0) is 29.8 Å². The van der Waals surface area contributed by atoms with Crippen molar-refractivity contribution in [3.63, 3.8) is 0 Å². The van der Waals surface area contributed by atoms with E-state index < -0.39 is 29.7 Å². The number of hydrogen-bond acceptors (Lipinski definition) is 3. The second-order valence-corrected chi connectivity index (χ2v) is 4.43. The molecule has 0 unspecified atom stereocenters. The van der Waals surface area contributed by atoms with E-state index in [-0.39, 0.29) is 16.9 Å². The zero-order chi connectivity index (χ0) is 17.2. The summed E-state index contributed by atoms with van der Waals surface area (Å²) < 4.78 is 72.0. The molecule has 0 fully saturated rings. The largest absolute Gasteiger partial charge is 0.573 e. The molecule has 0 bridgehead atoms. The molecule has 0 aliphatic heterocycles. The lowest BCUT2D eigenvalue weighted by Crippen LogP contribution is -2.17. The standard InChI is InChI=1S/C15H9F5O3/c1-8(21)22-10-3-4-11(12(16)7-10)9-2-5-14(13(17)6-9)23-15(18,19)20/h2-7H,1H3. The topological polar surface area (TPSA) is 35.5 Å². The van der Waals surface area contributed by atoms with Crippen molar-refractivity contribution in [2.45, 2.75) is 13.3 Å². The molecule has 0 aromatic heterocycles. The number of esters is 1. The first-order chi connectivity index (χ1) is 10.7. The fourth-order valence-electron chi connectivity index (χ4n) is 1.84. The van der Waals surface area contributed by atoms with E-state index in [2.05, 4.69) is 9.47 Å². The summed E-state index contributed by atoms with van der Waals surface area (Å²) in [4.78, 5) is 10.8. The van der Waals surface area contributed by atoms with Crippen LogP contribution in [0.15, 0.2) is 36.4 Å². The third kappa shape index (κ3) is 4.41. The number of carbonyl (C=O) groups is 1. The summed E-state index contributed by atoms with van der Waals surface area (Å²) >= 11 is 0. The number of rotatable bonds is 3. The lowest BCUT2D eigenvalue weighted by atomic mass is 10.0. The Balaban J connectivity index is 2.32. The van der Waals surface area contributed by atoms with Gasteiger partial charge in [0.15, 0.2) is 11.6 Å². The minimum atomic E-state index is -5.03. The SMILES string of the molecule is CC(=O)Oc1ccc(-c2ccc(OC(F)(F)F)c(F)c2)c(F)c1. The molecule has 2 aromatic rings. The van der Waals surface area contributed by atoms with E-state index in [1.807, 2.05) is 0 Å². The normalized spacial score (nSPS) is 11.2. The number of ether oxygens (including phenoxy) is 2. The molecule has 122 valence electrons. The lowest BCUT2D eigenvalue weighted by Gasteiger charge is -2.11. The molecule has 0 N–H and O–H groups in total. The van der Waals surface area contributed by atoms with E-state index >= 15 is 0 Å². The maximum atomic E-state index is 14.0. The predicted molar refractivity (Wildman–Crippen MR) is 69.8 cm³/mol. The number of carbonyl (C=O) groups excluding carboxylic acids is 1. The molecule has 0 aliphatic carbocycles. The molecule has 0 atom stereocenters. The van der Waals surface area contributed by atoms with Crippen molar-refractivity contribution in [1.82, 2.24) is 0 Å². The summed E-state index contributed by atoms with van der Waals surface area (Å²) in [6, 6.07) is 5.94. The molecule has 0 amide bonds. The van der Waals surface area contributed by atoms with Crippen LogP contribution in [0.3, 0.4) is 0 Å². The Labute approximate surface area is 127 Å². The van der Waals surface area contributed by atoms with Gasteiger partial charge in [-0.3, -0.25) is 4.79 Å². The van der Waals surface area contributed by atoms with E-state index in [0.29, 0.717) is 6.07 Å². The van der Waals surface area contributed by atoms with Gasteiger partial charge in [-0.2, -0.15) is 0 Å². The van der Waals surface area contributed by atoms with Gasteiger partial charge in [0.1, 0.15) is 11.6 Å². The molecule has 2 aromatic carbocycles. The van der Waals surface area contributed by atoms with E-state index in [4.69, 9.17) is 0 Å². The highest BCUT2D eigenvalue weighted by Gasteiger charge is 2.32. The van der Waals surface area contributed by atoms with Crippen LogP contribution in [-0.4, -0.2) is 12.3 Å². The minimum Gasteiger partial charge on any atom is -0.427 e. The molecular formula is C15H9F5O3. The van der Waals surface area contributed by atoms with Crippen LogP contribution in [0.4, 0.5) is 22.0 Å². The molecule has 0 aliphatic rings. The van der Waals surface area contributed by atoms with Crippen molar-refractivity contribution in [2.75, 3.05) is 0 Å². The van der Waals surface area contributed by atoms with Crippen LogP contribution in [0.1, 0.15) is 6.92 Å². The maximum absolute atomic E-state index is 14.0. The highest BCUT2D eigenvalue weighted by molar-refractivity contribution is 5.71. The van der Waals surface area contributed by atoms with Gasteiger partial charge in [0.25, 0.3) is 0 Å². The monoisotopic (exact) mass is 332 g/mol. The van der Waals surface area contributed by atoms with Crippen LogP contribution in [0, 0.1) is 11.6 Å². The average molecular weight is 332 g/mol. The number of benzene rings is 2. The van der Waals surface area contributed by atoms with Crippen molar-refractivity contribution < 1.29 is 36.2 Å². The third-order valence-electron chi connectivity index (χ3n) is 2.67. The molecule has 2 rings (SSSR count). The first kappa shape index (κ1) is 16.7. The van der Waals surface area contributed by atoms with Gasteiger partial charge in [-0.15, -0.1) is 13.2 Å². The zero-order valence-corrected chi connectivity index (χ0v) is 11.6. The van der Waals surface area contributed by atoms with Gasteiger partial charge < -0.3 is 9.47 Å². The van der Waals surface area contributed by atoms with Crippen molar-refractivity contribution in [1.29, 1.82) is 0 Å². The number of alkyl halides is 3. The quantitative estimate of drug-likeness (QED) is 0.473. The van der Waals surface area contributed by atoms with Crippen molar-refractivity contribution in [2.24, 2.45) is 0 Å².